The van der Waals surface area contributed by atoms with Crippen molar-refractivity contribution in [3.63, 3.8) is 0 Å². The number of hydrogen-bond donors (Lipinski definition) is 1. The molecule has 0 radical (unpaired) electrons. The molecule has 0 bridgehead atoms. The number of nitrogens with one attached hydrogen (secondary N) is 1. The molecule has 9 heteroatoms. The Morgan fingerprint density at radius 3 is 1.93 bits per heavy atom. The lowest BCUT2D eigenvalue weighted by molar-refractivity contribution is 0.837. The molecule has 8 rings (SSSR count). The van der Waals surface area contributed by atoms with E-state index in [1.165, 1.54) is 38.2 Å². The molecule has 6 aromatic heterocycles. The second-order valence-electron chi connectivity index (χ2n) is 9.81. The van der Waals surface area contributed by atoms with E-state index in [0.717, 1.165) is 37.1 Å². The van der Waals surface area contributed by atoms with Crippen LogP contribution < -0.4 is 0 Å². The number of hydrogen-bond acceptors (Lipinski definition) is 4. The van der Waals surface area contributed by atoms with Gasteiger partial charge in [-0.3, -0.25) is 19.9 Å². The number of pyridine rings is 4. The Balaban J connectivity index is 0.000000127. The Labute approximate surface area is 273 Å². The number of rotatable bonds is 3. The van der Waals surface area contributed by atoms with Gasteiger partial charge in [-0.15, -0.1) is 0 Å². The molecule has 1 N–H and O–H groups in total. The number of alkyl halides is 1. The molecule has 0 unspecified atom stereocenters. The minimum Gasteiger partial charge on any atom is -0.361 e. The summed E-state index contributed by atoms with van der Waals surface area (Å²) in [6.07, 6.45) is 18.8. The minimum atomic E-state index is 0.845. The van der Waals surface area contributed by atoms with E-state index >= 15 is 0 Å². The molecule has 8 aromatic rings. The minimum absolute atomic E-state index is 0.845. The Hall–Kier alpha value is -3.92. The molecular weight excluding hydrogens is 732 g/mol. The van der Waals surface area contributed by atoms with Crippen LogP contribution in [0.25, 0.3) is 43.4 Å². The second-order valence-corrected chi connectivity index (χ2v) is 12.1. The van der Waals surface area contributed by atoms with Crippen LogP contribution >= 0.6 is 47.8 Å². The molecule has 0 spiro atoms. The van der Waals surface area contributed by atoms with E-state index in [1.54, 1.807) is 6.20 Å². The van der Waals surface area contributed by atoms with Crippen molar-refractivity contribution in [3.05, 3.63) is 143 Å². The van der Waals surface area contributed by atoms with E-state index in [9.17, 15) is 0 Å². The SMILES string of the molecule is BrCc1ccc2cncc(Br)c2c1.Brc1cncc2ccc(Cn3ccc4cnccc43)cc12.c1cc2[nH]ccc2cn1. The number of benzene rings is 2. The van der Waals surface area contributed by atoms with Crippen molar-refractivity contribution in [1.29, 1.82) is 0 Å². The van der Waals surface area contributed by atoms with E-state index in [0.29, 0.717) is 0 Å². The number of aromatic nitrogens is 6. The monoisotopic (exact) mass is 754 g/mol. The van der Waals surface area contributed by atoms with Gasteiger partial charge in [0, 0.05) is 110 Å². The molecule has 6 nitrogen and oxygen atoms in total. The van der Waals surface area contributed by atoms with Crippen molar-refractivity contribution in [2.75, 3.05) is 0 Å². The molecule has 0 saturated heterocycles. The predicted octanol–water partition coefficient (Wildman–Crippen LogP) is 9.85. The first kappa shape index (κ1) is 29.2. The van der Waals surface area contributed by atoms with Crippen LogP contribution in [0.5, 0.6) is 0 Å². The third kappa shape index (κ3) is 6.85. The van der Waals surface area contributed by atoms with Crippen LogP contribution in [0.4, 0.5) is 0 Å². The highest BCUT2D eigenvalue weighted by molar-refractivity contribution is 9.11. The fourth-order valence-corrected chi connectivity index (χ4v) is 6.07. The lowest BCUT2D eigenvalue weighted by Gasteiger charge is -2.08. The molecule has 6 heterocycles. The summed E-state index contributed by atoms with van der Waals surface area (Å²) >= 11 is 10.5. The van der Waals surface area contributed by atoms with Crippen LogP contribution in [0.1, 0.15) is 11.1 Å². The molecular formula is C34H25Br3N6. The largest absolute Gasteiger partial charge is 0.361 e. The van der Waals surface area contributed by atoms with Crippen LogP contribution in [0.15, 0.2) is 132 Å². The number of nitrogens with zero attached hydrogens (tertiary/aromatic N) is 5. The Bertz CT molecular complexity index is 2120. The van der Waals surface area contributed by atoms with Crippen molar-refractivity contribution in [2.45, 2.75) is 11.9 Å². The first-order valence-corrected chi connectivity index (χ1v) is 16.2. The van der Waals surface area contributed by atoms with Crippen LogP contribution in [0.3, 0.4) is 0 Å². The lowest BCUT2D eigenvalue weighted by atomic mass is 10.1. The fraction of sp³-hybridized carbons (Fsp3) is 0.0588. The van der Waals surface area contributed by atoms with Gasteiger partial charge < -0.3 is 9.55 Å². The molecule has 43 heavy (non-hydrogen) atoms. The van der Waals surface area contributed by atoms with Gasteiger partial charge in [0.05, 0.1) is 5.52 Å². The summed E-state index contributed by atoms with van der Waals surface area (Å²) in [7, 11) is 0. The number of fused-ring (bicyclic) bond motifs is 4. The smallest absolute Gasteiger partial charge is 0.0514 e. The first-order valence-electron chi connectivity index (χ1n) is 13.5. The maximum Gasteiger partial charge on any atom is 0.0514 e. The third-order valence-electron chi connectivity index (χ3n) is 6.99. The topological polar surface area (TPSA) is 72.3 Å². The van der Waals surface area contributed by atoms with E-state index in [4.69, 9.17) is 0 Å². The van der Waals surface area contributed by atoms with Crippen molar-refractivity contribution >= 4 is 91.1 Å². The van der Waals surface area contributed by atoms with E-state index < -0.39 is 0 Å². The summed E-state index contributed by atoms with van der Waals surface area (Å²) in [6.45, 7) is 0.845. The summed E-state index contributed by atoms with van der Waals surface area (Å²) in [4.78, 5) is 19.5. The zero-order valence-electron chi connectivity index (χ0n) is 22.8. The molecule has 0 aliphatic carbocycles. The highest BCUT2D eigenvalue weighted by Gasteiger charge is 2.04. The van der Waals surface area contributed by atoms with Crippen LogP contribution in [0, 0.1) is 0 Å². The highest BCUT2D eigenvalue weighted by atomic mass is 79.9. The van der Waals surface area contributed by atoms with Gasteiger partial charge in [-0.05, 0) is 90.2 Å². The zero-order valence-corrected chi connectivity index (χ0v) is 27.6. The second kappa shape index (κ2) is 13.6. The van der Waals surface area contributed by atoms with Crippen molar-refractivity contribution in [2.24, 2.45) is 0 Å². The first-order chi connectivity index (χ1) is 21.1. The van der Waals surface area contributed by atoms with Crippen LogP contribution in [-0.4, -0.2) is 29.5 Å². The van der Waals surface area contributed by atoms with Gasteiger partial charge in [-0.2, -0.15) is 0 Å². The van der Waals surface area contributed by atoms with Crippen molar-refractivity contribution in [1.82, 2.24) is 29.5 Å². The molecule has 0 fully saturated rings. The fourth-order valence-electron chi connectivity index (χ4n) is 4.80. The Morgan fingerprint density at radius 1 is 0.605 bits per heavy atom. The normalized spacial score (nSPS) is 10.9. The highest BCUT2D eigenvalue weighted by Crippen LogP contribution is 2.26. The summed E-state index contributed by atoms with van der Waals surface area (Å²) in [5.74, 6) is 0. The van der Waals surface area contributed by atoms with Gasteiger partial charge in [-0.1, -0.05) is 40.2 Å². The Kier molecular flexibility index (Phi) is 9.21. The number of aromatic amines is 1. The lowest BCUT2D eigenvalue weighted by Crippen LogP contribution is -1.97. The average Bonchev–Trinajstić information content (AvgIpc) is 3.70. The molecule has 2 aromatic carbocycles. The zero-order chi connectivity index (χ0) is 29.6. The van der Waals surface area contributed by atoms with Gasteiger partial charge in [0.25, 0.3) is 0 Å². The van der Waals surface area contributed by atoms with E-state index in [-0.39, 0.29) is 0 Å². The molecule has 0 aliphatic heterocycles. The van der Waals surface area contributed by atoms with Gasteiger partial charge in [0.2, 0.25) is 0 Å². The van der Waals surface area contributed by atoms with Crippen LogP contribution in [-0.2, 0) is 11.9 Å². The predicted molar refractivity (Wildman–Crippen MR) is 186 cm³/mol. The summed E-state index contributed by atoms with van der Waals surface area (Å²) < 4.78 is 4.32. The van der Waals surface area contributed by atoms with Gasteiger partial charge in [0.1, 0.15) is 0 Å². The van der Waals surface area contributed by atoms with E-state index in [1.807, 2.05) is 61.7 Å². The summed E-state index contributed by atoms with van der Waals surface area (Å²) in [5, 5.41) is 7.94. The molecule has 0 aliphatic rings. The average molecular weight is 757 g/mol. The third-order valence-corrected chi connectivity index (χ3v) is 8.90. The van der Waals surface area contributed by atoms with Gasteiger partial charge >= 0.3 is 0 Å². The number of H-pyrrole nitrogens is 1. The van der Waals surface area contributed by atoms with E-state index in [2.05, 4.69) is 132 Å². The maximum atomic E-state index is 4.20. The molecule has 0 atom stereocenters. The Morgan fingerprint density at radius 2 is 1.23 bits per heavy atom. The van der Waals surface area contributed by atoms with Gasteiger partial charge in [-0.25, -0.2) is 0 Å². The summed E-state index contributed by atoms with van der Waals surface area (Å²) in [6, 6.07) is 21.0. The quantitative estimate of drug-likeness (QED) is 0.182. The molecule has 212 valence electrons. The van der Waals surface area contributed by atoms with Crippen molar-refractivity contribution in [3.8, 4) is 0 Å². The van der Waals surface area contributed by atoms with Gasteiger partial charge in [0.15, 0.2) is 0 Å². The van der Waals surface area contributed by atoms with Crippen molar-refractivity contribution < 1.29 is 0 Å². The number of halogens is 3. The standard InChI is InChI=1S/C17H12BrN3.C10H7Br2N.C7H6N2/c18-16-10-20-8-13-2-1-12(7-15(13)16)11-21-6-4-14-9-19-5-3-17(14)21;11-4-7-1-2-8-5-13-6-10(12)9(8)3-7;1-4-9-7-2-3-8-5-6(1)7/h1-10H,11H2;1-3,5-6H,4H2;1-5,9H. The van der Waals surface area contributed by atoms with Crippen LogP contribution in [0.2, 0.25) is 0 Å². The maximum absolute atomic E-state index is 4.20. The summed E-state index contributed by atoms with van der Waals surface area (Å²) in [5.41, 5.74) is 4.90. The molecule has 0 amide bonds. The molecule has 0 saturated carbocycles.